The minimum Gasteiger partial charge on any atom is -0.446 e. The summed E-state index contributed by atoms with van der Waals surface area (Å²) in [5, 5.41) is 3.27. The smallest absolute Gasteiger partial charge is 0.194 e. The predicted octanol–water partition coefficient (Wildman–Crippen LogP) is 1.15. The van der Waals surface area contributed by atoms with E-state index in [4.69, 9.17) is 9.15 Å². The first-order valence-electron chi connectivity index (χ1n) is 4.94. The van der Waals surface area contributed by atoms with Gasteiger partial charge in [0.05, 0.1) is 12.8 Å². The van der Waals surface area contributed by atoms with E-state index in [1.807, 2.05) is 6.92 Å². The summed E-state index contributed by atoms with van der Waals surface area (Å²) in [6.45, 7) is 4.55. The van der Waals surface area contributed by atoms with Crippen LogP contribution in [0.4, 0.5) is 0 Å². The molecule has 1 rings (SSSR count). The second kappa shape index (κ2) is 6.56. The number of aryl methyl sites for hydroxylation is 2. The fraction of sp³-hybridized carbons (Fsp3) is 0.700. The SMILES string of the molecule is COCCNCCCc1ncc(C)o1. The number of oxazole rings is 1. The van der Waals surface area contributed by atoms with Crippen LogP contribution in [0.2, 0.25) is 0 Å². The van der Waals surface area contributed by atoms with Crippen molar-refractivity contribution < 1.29 is 9.15 Å². The van der Waals surface area contributed by atoms with Crippen LogP contribution in [-0.4, -0.2) is 31.8 Å². The zero-order valence-electron chi connectivity index (χ0n) is 8.88. The largest absolute Gasteiger partial charge is 0.446 e. The third kappa shape index (κ3) is 4.39. The molecule has 0 bridgehead atoms. The van der Waals surface area contributed by atoms with Gasteiger partial charge in [0.2, 0.25) is 0 Å². The fourth-order valence-corrected chi connectivity index (χ4v) is 1.18. The van der Waals surface area contributed by atoms with Crippen LogP contribution in [0, 0.1) is 6.92 Å². The molecule has 1 heterocycles. The number of methoxy groups -OCH3 is 1. The lowest BCUT2D eigenvalue weighted by atomic mass is 10.3. The molecule has 0 aromatic carbocycles. The maximum atomic E-state index is 5.35. The second-order valence-electron chi connectivity index (χ2n) is 3.21. The van der Waals surface area contributed by atoms with Crippen LogP contribution < -0.4 is 5.32 Å². The molecule has 80 valence electrons. The number of nitrogens with one attached hydrogen (secondary N) is 1. The van der Waals surface area contributed by atoms with Crippen molar-refractivity contribution in [1.82, 2.24) is 10.3 Å². The third-order valence-corrected chi connectivity index (χ3v) is 1.90. The van der Waals surface area contributed by atoms with Crippen LogP contribution in [0.15, 0.2) is 10.6 Å². The van der Waals surface area contributed by atoms with Crippen LogP contribution in [-0.2, 0) is 11.2 Å². The maximum Gasteiger partial charge on any atom is 0.194 e. The molecule has 0 radical (unpaired) electrons. The topological polar surface area (TPSA) is 47.3 Å². The van der Waals surface area contributed by atoms with Gasteiger partial charge in [-0.15, -0.1) is 0 Å². The first-order chi connectivity index (χ1) is 6.83. The summed E-state index contributed by atoms with van der Waals surface area (Å²) < 4.78 is 10.3. The van der Waals surface area contributed by atoms with Gasteiger partial charge in [-0.3, -0.25) is 0 Å². The molecule has 1 aromatic heterocycles. The summed E-state index contributed by atoms with van der Waals surface area (Å²) in [5.41, 5.74) is 0. The number of rotatable bonds is 7. The summed E-state index contributed by atoms with van der Waals surface area (Å²) in [6, 6.07) is 0. The van der Waals surface area contributed by atoms with Gasteiger partial charge in [-0.25, -0.2) is 4.98 Å². The molecule has 0 saturated carbocycles. The Kier molecular flexibility index (Phi) is 5.25. The van der Waals surface area contributed by atoms with Crippen LogP contribution >= 0.6 is 0 Å². The average molecular weight is 198 g/mol. The molecule has 4 heteroatoms. The van der Waals surface area contributed by atoms with Crippen molar-refractivity contribution in [3.63, 3.8) is 0 Å². The van der Waals surface area contributed by atoms with E-state index in [1.165, 1.54) is 0 Å². The lowest BCUT2D eigenvalue weighted by Gasteiger charge is -2.01. The molecule has 0 fully saturated rings. The van der Waals surface area contributed by atoms with E-state index in [-0.39, 0.29) is 0 Å². The van der Waals surface area contributed by atoms with Crippen molar-refractivity contribution in [2.24, 2.45) is 0 Å². The molecule has 0 amide bonds. The molecule has 1 aromatic rings. The Morgan fingerprint density at radius 3 is 3.00 bits per heavy atom. The molecule has 0 atom stereocenters. The lowest BCUT2D eigenvalue weighted by molar-refractivity contribution is 0.199. The van der Waals surface area contributed by atoms with Crippen molar-refractivity contribution in [2.75, 3.05) is 26.8 Å². The summed E-state index contributed by atoms with van der Waals surface area (Å²) in [4.78, 5) is 4.13. The Morgan fingerprint density at radius 2 is 2.36 bits per heavy atom. The quantitative estimate of drug-likeness (QED) is 0.668. The Balaban J connectivity index is 1.99. The highest BCUT2D eigenvalue weighted by atomic mass is 16.5. The van der Waals surface area contributed by atoms with Gasteiger partial charge < -0.3 is 14.5 Å². The highest BCUT2D eigenvalue weighted by molar-refractivity contribution is 4.90. The molecule has 0 saturated heterocycles. The number of hydrogen-bond acceptors (Lipinski definition) is 4. The molecule has 14 heavy (non-hydrogen) atoms. The van der Waals surface area contributed by atoms with E-state index in [2.05, 4.69) is 10.3 Å². The number of ether oxygens (including phenoxy) is 1. The van der Waals surface area contributed by atoms with Gasteiger partial charge in [-0.2, -0.15) is 0 Å². The van der Waals surface area contributed by atoms with Crippen LogP contribution in [0.1, 0.15) is 18.1 Å². The highest BCUT2D eigenvalue weighted by Gasteiger charge is 1.99. The Labute approximate surface area is 84.7 Å². The molecular weight excluding hydrogens is 180 g/mol. The Morgan fingerprint density at radius 1 is 1.50 bits per heavy atom. The third-order valence-electron chi connectivity index (χ3n) is 1.90. The monoisotopic (exact) mass is 198 g/mol. The normalized spacial score (nSPS) is 10.7. The molecule has 0 aliphatic carbocycles. The van der Waals surface area contributed by atoms with Crippen molar-refractivity contribution in [3.8, 4) is 0 Å². The van der Waals surface area contributed by atoms with Crippen LogP contribution in [0.25, 0.3) is 0 Å². The number of aromatic nitrogens is 1. The summed E-state index contributed by atoms with van der Waals surface area (Å²) >= 11 is 0. The van der Waals surface area contributed by atoms with E-state index in [1.54, 1.807) is 13.3 Å². The van der Waals surface area contributed by atoms with Gasteiger partial charge in [-0.1, -0.05) is 0 Å². The summed E-state index contributed by atoms with van der Waals surface area (Å²) in [6.07, 6.45) is 3.70. The molecule has 1 N–H and O–H groups in total. The Bertz CT molecular complexity index is 248. The van der Waals surface area contributed by atoms with E-state index in [0.717, 1.165) is 44.2 Å². The Hall–Kier alpha value is -0.870. The standard InChI is InChI=1S/C10H18N2O2/c1-9-8-12-10(14-9)4-3-5-11-6-7-13-2/h8,11H,3-7H2,1-2H3. The summed E-state index contributed by atoms with van der Waals surface area (Å²) in [7, 11) is 1.71. The first kappa shape index (κ1) is 11.2. The van der Waals surface area contributed by atoms with Gasteiger partial charge in [0.1, 0.15) is 5.76 Å². The van der Waals surface area contributed by atoms with Crippen LogP contribution in [0.5, 0.6) is 0 Å². The highest BCUT2D eigenvalue weighted by Crippen LogP contribution is 2.03. The lowest BCUT2D eigenvalue weighted by Crippen LogP contribution is -2.20. The van der Waals surface area contributed by atoms with E-state index < -0.39 is 0 Å². The van der Waals surface area contributed by atoms with Gasteiger partial charge in [0, 0.05) is 20.1 Å². The van der Waals surface area contributed by atoms with Crippen molar-refractivity contribution in [3.05, 3.63) is 17.8 Å². The molecule has 0 aliphatic rings. The molecule has 0 unspecified atom stereocenters. The maximum absolute atomic E-state index is 5.35. The first-order valence-corrected chi connectivity index (χ1v) is 4.94. The van der Waals surface area contributed by atoms with Gasteiger partial charge in [0.15, 0.2) is 5.89 Å². The number of hydrogen-bond donors (Lipinski definition) is 1. The number of nitrogens with zero attached hydrogens (tertiary/aromatic N) is 1. The van der Waals surface area contributed by atoms with E-state index >= 15 is 0 Å². The average Bonchev–Trinajstić information content (AvgIpc) is 2.58. The van der Waals surface area contributed by atoms with Crippen molar-refractivity contribution in [2.45, 2.75) is 19.8 Å². The fourth-order valence-electron chi connectivity index (χ4n) is 1.18. The van der Waals surface area contributed by atoms with Gasteiger partial charge in [-0.05, 0) is 19.9 Å². The zero-order chi connectivity index (χ0) is 10.2. The minimum absolute atomic E-state index is 0.762. The predicted molar refractivity (Wildman–Crippen MR) is 54.3 cm³/mol. The van der Waals surface area contributed by atoms with Crippen molar-refractivity contribution in [1.29, 1.82) is 0 Å². The van der Waals surface area contributed by atoms with Crippen molar-refractivity contribution >= 4 is 0 Å². The second-order valence-corrected chi connectivity index (χ2v) is 3.21. The molecular formula is C10H18N2O2. The molecule has 0 aliphatic heterocycles. The summed E-state index contributed by atoms with van der Waals surface area (Å²) in [5.74, 6) is 1.71. The van der Waals surface area contributed by atoms with E-state index in [9.17, 15) is 0 Å². The van der Waals surface area contributed by atoms with Gasteiger partial charge in [0.25, 0.3) is 0 Å². The zero-order valence-corrected chi connectivity index (χ0v) is 8.88. The van der Waals surface area contributed by atoms with E-state index in [0.29, 0.717) is 0 Å². The minimum atomic E-state index is 0.762. The molecule has 0 spiro atoms. The van der Waals surface area contributed by atoms with Gasteiger partial charge >= 0.3 is 0 Å². The van der Waals surface area contributed by atoms with Crippen LogP contribution in [0.3, 0.4) is 0 Å². The molecule has 4 nitrogen and oxygen atoms in total.